The molecule has 1 saturated carbocycles. The van der Waals surface area contributed by atoms with Crippen LogP contribution in [-0.4, -0.2) is 37.1 Å². The third-order valence-corrected chi connectivity index (χ3v) is 6.31. The number of hydrogen-bond acceptors (Lipinski definition) is 6. The van der Waals surface area contributed by atoms with Crippen LogP contribution in [-0.2, 0) is 4.79 Å². The smallest absolute Gasteiger partial charge is 0.344 e. The summed E-state index contributed by atoms with van der Waals surface area (Å²) in [5.74, 6) is 0.616. The van der Waals surface area contributed by atoms with E-state index in [1.165, 1.54) is 16.8 Å². The zero-order chi connectivity index (χ0) is 20.7. The molecule has 1 amide bonds. The van der Waals surface area contributed by atoms with Gasteiger partial charge in [0.25, 0.3) is 5.91 Å². The molecule has 3 aromatic rings. The molecule has 1 N–H and O–H groups in total. The highest BCUT2D eigenvalue weighted by Gasteiger charge is 2.35. The maximum atomic E-state index is 13.1. The van der Waals surface area contributed by atoms with Gasteiger partial charge in [0.1, 0.15) is 11.8 Å². The maximum Gasteiger partial charge on any atom is 0.344 e. The number of amides is 1. The number of hydrazone groups is 1. The van der Waals surface area contributed by atoms with E-state index in [4.69, 9.17) is 16.0 Å². The van der Waals surface area contributed by atoms with Gasteiger partial charge in [-0.25, -0.2) is 14.9 Å². The van der Waals surface area contributed by atoms with Crippen molar-refractivity contribution >= 4 is 35.0 Å². The van der Waals surface area contributed by atoms with Gasteiger partial charge in [-0.15, -0.1) is 5.10 Å². The zero-order valence-electron chi connectivity index (χ0n) is 15.8. The van der Waals surface area contributed by atoms with Crippen molar-refractivity contribution in [2.75, 3.05) is 5.75 Å². The van der Waals surface area contributed by atoms with Crippen LogP contribution in [0.25, 0.3) is 0 Å². The molecule has 5 rings (SSSR count). The van der Waals surface area contributed by atoms with Gasteiger partial charge in [-0.2, -0.15) is 5.10 Å². The molecular formula is C20H18ClN5O3S. The fourth-order valence-corrected chi connectivity index (χ4v) is 4.49. The van der Waals surface area contributed by atoms with Gasteiger partial charge in [-0.3, -0.25) is 9.36 Å². The monoisotopic (exact) mass is 443 g/mol. The second kappa shape index (κ2) is 7.81. The van der Waals surface area contributed by atoms with Gasteiger partial charge < -0.3 is 4.42 Å². The molecule has 1 fully saturated rings. The van der Waals surface area contributed by atoms with Crippen molar-refractivity contribution in [3.05, 3.63) is 69.5 Å². The van der Waals surface area contributed by atoms with Gasteiger partial charge in [0, 0.05) is 17.5 Å². The highest BCUT2D eigenvalue weighted by atomic mass is 35.5. The highest BCUT2D eigenvalue weighted by Crippen LogP contribution is 2.37. The summed E-state index contributed by atoms with van der Waals surface area (Å²) >= 11 is 7.23. The van der Waals surface area contributed by atoms with E-state index < -0.39 is 0 Å². The Labute approximate surface area is 180 Å². The van der Waals surface area contributed by atoms with Crippen molar-refractivity contribution in [3.8, 4) is 0 Å². The third-order valence-electron chi connectivity index (χ3n) is 5.12. The van der Waals surface area contributed by atoms with E-state index in [1.807, 2.05) is 18.2 Å². The molecule has 10 heteroatoms. The summed E-state index contributed by atoms with van der Waals surface area (Å²) in [4.78, 5) is 25.0. The van der Waals surface area contributed by atoms with E-state index in [0.717, 1.165) is 24.1 Å². The van der Waals surface area contributed by atoms with E-state index in [9.17, 15) is 9.59 Å². The number of nitrogens with one attached hydrogen (secondary N) is 1. The predicted octanol–water partition coefficient (Wildman–Crippen LogP) is 3.62. The molecule has 154 valence electrons. The molecule has 3 heterocycles. The van der Waals surface area contributed by atoms with Crippen molar-refractivity contribution in [2.45, 2.75) is 36.5 Å². The van der Waals surface area contributed by atoms with Crippen molar-refractivity contribution in [2.24, 2.45) is 5.10 Å². The van der Waals surface area contributed by atoms with Crippen LogP contribution in [0.4, 0.5) is 0 Å². The number of hydrogen-bond donors (Lipinski definition) is 1. The molecule has 1 aliphatic heterocycles. The van der Waals surface area contributed by atoms with Crippen LogP contribution in [0, 0.1) is 0 Å². The molecule has 0 bridgehead atoms. The number of carbonyl (C=O) groups is 1. The maximum absolute atomic E-state index is 13.1. The van der Waals surface area contributed by atoms with Gasteiger partial charge >= 0.3 is 5.69 Å². The second-order valence-corrected chi connectivity index (χ2v) is 8.61. The fraction of sp³-hybridized carbons (Fsp3) is 0.300. The van der Waals surface area contributed by atoms with E-state index in [0.29, 0.717) is 22.4 Å². The lowest BCUT2D eigenvalue weighted by Crippen LogP contribution is -2.28. The summed E-state index contributed by atoms with van der Waals surface area (Å²) in [5.41, 5.74) is 1.47. The first-order valence-corrected chi connectivity index (χ1v) is 10.9. The van der Waals surface area contributed by atoms with Crippen molar-refractivity contribution < 1.29 is 9.21 Å². The summed E-state index contributed by atoms with van der Waals surface area (Å²) in [6.45, 7) is 0. The molecule has 8 nitrogen and oxygen atoms in total. The molecule has 2 aliphatic rings. The molecule has 0 spiro atoms. The molecule has 1 aliphatic carbocycles. The number of carbonyl (C=O) groups excluding carboxylic acids is 1. The van der Waals surface area contributed by atoms with Crippen LogP contribution in [0.1, 0.15) is 42.7 Å². The van der Waals surface area contributed by atoms with Gasteiger partial charge in [-0.1, -0.05) is 35.5 Å². The van der Waals surface area contributed by atoms with E-state index in [-0.39, 0.29) is 29.4 Å². The molecule has 2 aromatic heterocycles. The normalized spacial score (nSPS) is 18.6. The topological polar surface area (TPSA) is 96.5 Å². The van der Waals surface area contributed by atoms with Crippen LogP contribution >= 0.6 is 23.4 Å². The van der Waals surface area contributed by atoms with Gasteiger partial charge in [0.2, 0.25) is 0 Å². The lowest BCUT2D eigenvalue weighted by molar-refractivity contribution is -0.130. The Hall–Kier alpha value is -2.78. The molecule has 1 aromatic carbocycles. The van der Waals surface area contributed by atoms with Gasteiger partial charge in [0.15, 0.2) is 5.16 Å². The molecule has 30 heavy (non-hydrogen) atoms. The number of thioether (sulfide) groups is 1. The number of rotatable bonds is 6. The molecule has 0 saturated heterocycles. The van der Waals surface area contributed by atoms with E-state index in [2.05, 4.69) is 15.3 Å². The Bertz CT molecular complexity index is 1150. The third kappa shape index (κ3) is 3.70. The summed E-state index contributed by atoms with van der Waals surface area (Å²) < 4.78 is 7.20. The van der Waals surface area contributed by atoms with Crippen LogP contribution in [0.3, 0.4) is 0 Å². The number of H-pyrrole nitrogens is 1. The van der Waals surface area contributed by atoms with Crippen LogP contribution in [0.15, 0.2) is 62.1 Å². The number of aromatic amines is 1. The lowest BCUT2D eigenvalue weighted by atomic mass is 10.0. The first-order valence-electron chi connectivity index (χ1n) is 9.59. The Morgan fingerprint density at radius 2 is 2.07 bits per heavy atom. The molecule has 0 radical (unpaired) electrons. The van der Waals surface area contributed by atoms with Crippen LogP contribution in [0.2, 0.25) is 5.02 Å². The van der Waals surface area contributed by atoms with Crippen LogP contribution < -0.4 is 5.69 Å². The Kier molecular flexibility index (Phi) is 5.00. The van der Waals surface area contributed by atoms with Crippen molar-refractivity contribution in [1.82, 2.24) is 19.8 Å². The standard InChI is InChI=1S/C20H18ClN5O3S/c21-13-5-3-12(4-6-13)15-10-16(17-2-1-9-29-17)26(24-15)18(27)11-30-20-23-22-19(28)25(20)14-7-8-14/h1-6,9,14,16H,7-8,10-11H2,(H,22,28)/t16-/m0/s1. The Morgan fingerprint density at radius 1 is 1.27 bits per heavy atom. The Morgan fingerprint density at radius 3 is 2.77 bits per heavy atom. The largest absolute Gasteiger partial charge is 0.467 e. The van der Waals surface area contributed by atoms with Gasteiger partial charge in [-0.05, 0) is 42.7 Å². The summed E-state index contributed by atoms with van der Waals surface area (Å²) in [6, 6.07) is 10.9. The number of furan rings is 1. The molecule has 1 atom stereocenters. The van der Waals surface area contributed by atoms with Crippen molar-refractivity contribution in [3.63, 3.8) is 0 Å². The van der Waals surface area contributed by atoms with Crippen molar-refractivity contribution in [1.29, 1.82) is 0 Å². The fourth-order valence-electron chi connectivity index (χ4n) is 3.50. The Balaban J connectivity index is 1.37. The number of aromatic nitrogens is 3. The first kappa shape index (κ1) is 19.2. The summed E-state index contributed by atoms with van der Waals surface area (Å²) in [6.07, 6.45) is 4.05. The van der Waals surface area contributed by atoms with Crippen LogP contribution in [0.5, 0.6) is 0 Å². The number of halogens is 1. The lowest BCUT2D eigenvalue weighted by Gasteiger charge is -2.19. The minimum Gasteiger partial charge on any atom is -0.467 e. The van der Waals surface area contributed by atoms with Gasteiger partial charge in [0.05, 0.1) is 17.7 Å². The number of nitrogens with zero attached hydrogens (tertiary/aromatic N) is 4. The average Bonchev–Trinajstić information content (AvgIpc) is 3.14. The SMILES string of the molecule is O=C(CSc1n[nH]c(=O)n1C1CC1)N1N=C(c2ccc(Cl)cc2)C[C@H]1c1ccco1. The molecule has 0 unspecified atom stereocenters. The van der Waals surface area contributed by atoms with E-state index in [1.54, 1.807) is 29.0 Å². The van der Waals surface area contributed by atoms with E-state index >= 15 is 0 Å². The zero-order valence-corrected chi connectivity index (χ0v) is 17.4. The summed E-state index contributed by atoms with van der Waals surface area (Å²) in [5, 5.41) is 13.8. The molecular weight excluding hydrogens is 426 g/mol. The average molecular weight is 444 g/mol. The second-order valence-electron chi connectivity index (χ2n) is 7.23. The minimum atomic E-state index is -0.316. The quantitative estimate of drug-likeness (QED) is 0.587. The highest BCUT2D eigenvalue weighted by molar-refractivity contribution is 7.99. The predicted molar refractivity (Wildman–Crippen MR) is 113 cm³/mol. The first-order chi connectivity index (χ1) is 14.6. The minimum absolute atomic E-state index is 0.117. The summed E-state index contributed by atoms with van der Waals surface area (Å²) in [7, 11) is 0. The number of benzene rings is 1.